The van der Waals surface area contributed by atoms with Gasteiger partial charge in [-0.2, -0.15) is 0 Å². The molecule has 0 N–H and O–H groups in total. The number of fused-ring (bicyclic) bond motifs is 2. The van der Waals surface area contributed by atoms with Crippen LogP contribution >= 0.6 is 0 Å². The van der Waals surface area contributed by atoms with E-state index in [-0.39, 0.29) is 0 Å². The van der Waals surface area contributed by atoms with E-state index in [1.807, 2.05) is 0 Å². The number of Topliss-reactive ketones (excluding diaryl/α,β-unsaturated/α-hetero) is 1. The number of hydrogen-bond donors (Lipinski definition) is 0. The van der Waals surface area contributed by atoms with Gasteiger partial charge in [-0.3, -0.25) is 9.69 Å². The van der Waals surface area contributed by atoms with Gasteiger partial charge in [-0.1, -0.05) is 0 Å². The van der Waals surface area contributed by atoms with E-state index < -0.39 is 0 Å². The summed E-state index contributed by atoms with van der Waals surface area (Å²) in [5.41, 5.74) is 0. The Labute approximate surface area is 84.4 Å². The highest BCUT2D eigenvalue weighted by Crippen LogP contribution is 2.30. The second-order valence-corrected chi connectivity index (χ2v) is 4.85. The largest absolute Gasteiger partial charge is 0.372 e. The number of morpholine rings is 1. The van der Waals surface area contributed by atoms with Crippen molar-refractivity contribution in [1.82, 2.24) is 4.90 Å². The molecule has 3 nitrogen and oxygen atoms in total. The first-order valence-corrected chi connectivity index (χ1v) is 5.72. The molecule has 3 heteroatoms. The number of hydrogen-bond acceptors (Lipinski definition) is 3. The fourth-order valence-corrected chi connectivity index (χ4v) is 3.05. The number of rotatable bonds is 1. The maximum Gasteiger partial charge on any atom is 0.134 e. The molecule has 78 valence electrons. The SMILES string of the molecule is O=C1CCC(N2CC3CCC(C2)O3)C1. The van der Waals surface area contributed by atoms with E-state index in [0.29, 0.717) is 24.0 Å². The molecule has 2 bridgehead atoms. The Hall–Kier alpha value is -0.410. The first-order valence-electron chi connectivity index (χ1n) is 5.72. The van der Waals surface area contributed by atoms with Gasteiger partial charge in [0.05, 0.1) is 12.2 Å². The Morgan fingerprint density at radius 3 is 2.43 bits per heavy atom. The van der Waals surface area contributed by atoms with Crippen LogP contribution < -0.4 is 0 Å². The lowest BCUT2D eigenvalue weighted by Crippen LogP contribution is -2.47. The Balaban J connectivity index is 1.65. The third-order valence-corrected chi connectivity index (χ3v) is 3.81. The van der Waals surface area contributed by atoms with Crippen molar-refractivity contribution in [3.63, 3.8) is 0 Å². The van der Waals surface area contributed by atoms with Crippen molar-refractivity contribution >= 4 is 5.78 Å². The van der Waals surface area contributed by atoms with E-state index in [4.69, 9.17) is 4.74 Å². The number of likely N-dealkylation sites (tertiary alicyclic amines) is 1. The Morgan fingerprint density at radius 2 is 1.86 bits per heavy atom. The zero-order valence-electron chi connectivity index (χ0n) is 8.45. The number of ether oxygens (including phenoxy) is 1. The molecule has 3 aliphatic rings. The molecule has 3 fully saturated rings. The highest BCUT2D eigenvalue weighted by atomic mass is 16.5. The van der Waals surface area contributed by atoms with Crippen molar-refractivity contribution in [2.75, 3.05) is 13.1 Å². The molecule has 14 heavy (non-hydrogen) atoms. The van der Waals surface area contributed by atoms with Crippen LogP contribution in [0.5, 0.6) is 0 Å². The predicted molar refractivity (Wildman–Crippen MR) is 52.1 cm³/mol. The maximum atomic E-state index is 11.2. The monoisotopic (exact) mass is 195 g/mol. The Bertz CT molecular complexity index is 242. The van der Waals surface area contributed by atoms with Gasteiger partial charge < -0.3 is 4.74 Å². The second-order valence-electron chi connectivity index (χ2n) is 4.85. The first kappa shape index (κ1) is 8.86. The molecule has 1 aliphatic carbocycles. The van der Waals surface area contributed by atoms with Crippen molar-refractivity contribution in [2.45, 2.75) is 50.4 Å². The molecular formula is C11H17NO2. The number of carbonyl (C=O) groups is 1. The molecule has 3 unspecified atom stereocenters. The molecular weight excluding hydrogens is 178 g/mol. The van der Waals surface area contributed by atoms with E-state index in [1.165, 1.54) is 12.8 Å². The minimum absolute atomic E-state index is 0.453. The topological polar surface area (TPSA) is 29.5 Å². The fourth-order valence-electron chi connectivity index (χ4n) is 3.05. The van der Waals surface area contributed by atoms with Crippen LogP contribution in [0.2, 0.25) is 0 Å². The molecule has 1 saturated carbocycles. The van der Waals surface area contributed by atoms with Gasteiger partial charge in [-0.15, -0.1) is 0 Å². The van der Waals surface area contributed by atoms with Crippen LogP contribution in [0.4, 0.5) is 0 Å². The molecule has 2 aliphatic heterocycles. The van der Waals surface area contributed by atoms with Gasteiger partial charge in [-0.25, -0.2) is 0 Å². The van der Waals surface area contributed by atoms with Gasteiger partial charge in [-0.05, 0) is 19.3 Å². The Morgan fingerprint density at radius 1 is 1.14 bits per heavy atom. The van der Waals surface area contributed by atoms with E-state index in [1.54, 1.807) is 0 Å². The number of carbonyl (C=O) groups excluding carboxylic acids is 1. The smallest absolute Gasteiger partial charge is 0.134 e. The summed E-state index contributed by atoms with van der Waals surface area (Å²) >= 11 is 0. The first-order chi connectivity index (χ1) is 6.81. The van der Waals surface area contributed by atoms with Crippen LogP contribution in [0, 0.1) is 0 Å². The highest BCUT2D eigenvalue weighted by Gasteiger charge is 2.38. The highest BCUT2D eigenvalue weighted by molar-refractivity contribution is 5.81. The van der Waals surface area contributed by atoms with E-state index >= 15 is 0 Å². The van der Waals surface area contributed by atoms with Gasteiger partial charge >= 0.3 is 0 Å². The van der Waals surface area contributed by atoms with Gasteiger partial charge in [0.2, 0.25) is 0 Å². The second kappa shape index (κ2) is 3.31. The van der Waals surface area contributed by atoms with Gasteiger partial charge in [0, 0.05) is 32.0 Å². The summed E-state index contributed by atoms with van der Waals surface area (Å²) < 4.78 is 5.79. The Kier molecular flexibility index (Phi) is 2.10. The third-order valence-electron chi connectivity index (χ3n) is 3.81. The normalized spacial score (nSPS) is 43.4. The van der Waals surface area contributed by atoms with E-state index in [0.717, 1.165) is 32.4 Å². The predicted octanol–water partition coefficient (Wildman–Crippen LogP) is 0.971. The summed E-state index contributed by atoms with van der Waals surface area (Å²) in [5.74, 6) is 0.453. The summed E-state index contributed by atoms with van der Waals surface area (Å²) in [7, 11) is 0. The summed E-state index contributed by atoms with van der Waals surface area (Å²) in [6.07, 6.45) is 6.05. The van der Waals surface area contributed by atoms with Gasteiger partial charge in [0.25, 0.3) is 0 Å². The summed E-state index contributed by atoms with van der Waals surface area (Å²) in [6.45, 7) is 2.13. The van der Waals surface area contributed by atoms with Crippen molar-refractivity contribution in [2.24, 2.45) is 0 Å². The zero-order valence-corrected chi connectivity index (χ0v) is 8.45. The average molecular weight is 195 g/mol. The number of nitrogens with zero attached hydrogens (tertiary/aromatic N) is 1. The molecule has 0 aromatic carbocycles. The lowest BCUT2D eigenvalue weighted by molar-refractivity contribution is -0.118. The molecule has 3 atom stereocenters. The molecule has 2 saturated heterocycles. The summed E-state index contributed by atoms with van der Waals surface area (Å²) in [6, 6.07) is 0.537. The summed E-state index contributed by atoms with van der Waals surface area (Å²) in [5, 5.41) is 0. The van der Waals surface area contributed by atoms with Crippen LogP contribution in [-0.4, -0.2) is 42.0 Å². The molecule has 0 radical (unpaired) electrons. The van der Waals surface area contributed by atoms with Crippen molar-refractivity contribution < 1.29 is 9.53 Å². The van der Waals surface area contributed by atoms with Crippen LogP contribution in [0.1, 0.15) is 32.1 Å². The van der Waals surface area contributed by atoms with Crippen molar-refractivity contribution in [1.29, 1.82) is 0 Å². The molecule has 2 heterocycles. The average Bonchev–Trinajstić information content (AvgIpc) is 2.73. The van der Waals surface area contributed by atoms with Gasteiger partial charge in [0.15, 0.2) is 0 Å². The minimum Gasteiger partial charge on any atom is -0.372 e. The zero-order chi connectivity index (χ0) is 9.54. The van der Waals surface area contributed by atoms with E-state index in [9.17, 15) is 4.79 Å². The standard InChI is InChI=1S/C11H17NO2/c13-9-2-1-8(5-9)12-6-10-3-4-11(7-12)14-10/h8,10-11H,1-7H2. The molecule has 3 rings (SSSR count). The lowest BCUT2D eigenvalue weighted by Gasteiger charge is -2.35. The quantitative estimate of drug-likeness (QED) is 0.624. The minimum atomic E-state index is 0.453. The van der Waals surface area contributed by atoms with Crippen molar-refractivity contribution in [3.05, 3.63) is 0 Å². The number of ketones is 1. The van der Waals surface area contributed by atoms with Gasteiger partial charge in [0.1, 0.15) is 5.78 Å². The fraction of sp³-hybridized carbons (Fsp3) is 0.909. The molecule has 0 amide bonds. The van der Waals surface area contributed by atoms with Crippen LogP contribution in [-0.2, 0) is 9.53 Å². The molecule has 0 aromatic heterocycles. The lowest BCUT2D eigenvalue weighted by atomic mass is 10.2. The van der Waals surface area contributed by atoms with Crippen LogP contribution in [0.3, 0.4) is 0 Å². The van der Waals surface area contributed by atoms with E-state index in [2.05, 4.69) is 4.90 Å². The maximum absolute atomic E-state index is 11.2. The van der Waals surface area contributed by atoms with Crippen LogP contribution in [0.15, 0.2) is 0 Å². The van der Waals surface area contributed by atoms with Crippen molar-refractivity contribution in [3.8, 4) is 0 Å². The summed E-state index contributed by atoms with van der Waals surface area (Å²) in [4.78, 5) is 13.7. The molecule has 0 aromatic rings. The molecule has 0 spiro atoms. The third kappa shape index (κ3) is 1.48. The van der Waals surface area contributed by atoms with Crippen LogP contribution in [0.25, 0.3) is 0 Å².